The van der Waals surface area contributed by atoms with Crippen LogP contribution >= 0.6 is 0 Å². The summed E-state index contributed by atoms with van der Waals surface area (Å²) in [7, 11) is 0. The molecule has 0 aliphatic heterocycles. The lowest BCUT2D eigenvalue weighted by Crippen LogP contribution is -2.26. The number of hydrogen-bond acceptors (Lipinski definition) is 8. The van der Waals surface area contributed by atoms with E-state index in [-0.39, 0.29) is 32.0 Å². The number of allylic oxidation sites excluding steroid dienone is 7. The molecule has 0 spiro atoms. The van der Waals surface area contributed by atoms with Crippen LogP contribution in [0.3, 0.4) is 0 Å². The number of rotatable bonds is 30. The maximum atomic E-state index is 12.0. The zero-order valence-electron chi connectivity index (χ0n) is 28.6. The fourth-order valence-electron chi connectivity index (χ4n) is 4.54. The van der Waals surface area contributed by atoms with Crippen molar-refractivity contribution in [2.24, 2.45) is 0 Å². The van der Waals surface area contributed by atoms with Gasteiger partial charge in [-0.2, -0.15) is 0 Å². The SMILES string of the molecule is CC/C=C\C[C@@H](O)/C=C/C=C/C=C\C=C/[C@H](O)[C@@H](O)CCCC(=O)OC[C@@H](O)COC(=O)CCCCCCCCCCCCCC. The third kappa shape index (κ3) is 30.2. The molecule has 0 aliphatic carbocycles. The molecule has 0 radical (unpaired) electrons. The molecule has 0 heterocycles. The fourth-order valence-corrected chi connectivity index (χ4v) is 4.54. The standard InChI is InChI=1S/C38H64O8/c1-3-5-7-8-9-10-11-12-13-14-19-23-29-37(43)45-31-34(40)32-46-38(44)30-24-28-36(42)35(41)27-22-18-16-15-17-21-26-33(39)25-20-6-4-2/h6,15-18,20-22,26-27,33-36,39-42H,3-5,7-14,19,23-25,28-32H2,1-2H3/b17-15+,18-16-,20-6-,26-21+,27-22-/t33-,34+,35+,36+/m1/s1. The second-order valence-corrected chi connectivity index (χ2v) is 11.8. The first kappa shape index (κ1) is 43.5. The van der Waals surface area contributed by atoms with E-state index in [4.69, 9.17) is 9.47 Å². The van der Waals surface area contributed by atoms with E-state index in [1.54, 1.807) is 42.5 Å². The number of aliphatic hydroxyl groups excluding tert-OH is 4. The third-order valence-corrected chi connectivity index (χ3v) is 7.36. The van der Waals surface area contributed by atoms with Gasteiger partial charge in [-0.1, -0.05) is 145 Å². The summed E-state index contributed by atoms with van der Waals surface area (Å²) in [6, 6.07) is 0. The molecule has 264 valence electrons. The molecule has 0 aliphatic rings. The number of esters is 2. The van der Waals surface area contributed by atoms with Gasteiger partial charge < -0.3 is 29.9 Å². The van der Waals surface area contributed by atoms with Crippen LogP contribution in [-0.4, -0.2) is 70.0 Å². The van der Waals surface area contributed by atoms with Gasteiger partial charge in [0, 0.05) is 12.8 Å². The van der Waals surface area contributed by atoms with Crippen molar-refractivity contribution in [1.82, 2.24) is 0 Å². The first-order chi connectivity index (χ1) is 22.3. The van der Waals surface area contributed by atoms with Gasteiger partial charge in [0.15, 0.2) is 0 Å². The molecule has 0 aromatic carbocycles. The van der Waals surface area contributed by atoms with Gasteiger partial charge in [-0.15, -0.1) is 0 Å². The molecule has 0 amide bonds. The van der Waals surface area contributed by atoms with E-state index in [1.807, 2.05) is 19.1 Å². The Balaban J connectivity index is 3.85. The molecular formula is C38H64O8. The molecule has 8 heteroatoms. The zero-order valence-corrected chi connectivity index (χ0v) is 28.6. The highest BCUT2D eigenvalue weighted by molar-refractivity contribution is 5.69. The van der Waals surface area contributed by atoms with Crippen LogP contribution in [0, 0.1) is 0 Å². The quantitative estimate of drug-likeness (QED) is 0.0275. The van der Waals surface area contributed by atoms with Crippen molar-refractivity contribution < 1.29 is 39.5 Å². The number of hydrogen-bond donors (Lipinski definition) is 4. The Kier molecular flexibility index (Phi) is 30.6. The van der Waals surface area contributed by atoms with Crippen molar-refractivity contribution in [3.05, 3.63) is 60.8 Å². The van der Waals surface area contributed by atoms with Crippen molar-refractivity contribution in [3.8, 4) is 0 Å². The smallest absolute Gasteiger partial charge is 0.305 e. The highest BCUT2D eigenvalue weighted by Gasteiger charge is 2.15. The third-order valence-electron chi connectivity index (χ3n) is 7.36. The molecule has 0 rings (SSSR count). The Morgan fingerprint density at radius 2 is 1.07 bits per heavy atom. The minimum Gasteiger partial charge on any atom is -0.463 e. The molecule has 0 saturated heterocycles. The van der Waals surface area contributed by atoms with Gasteiger partial charge in [0.25, 0.3) is 0 Å². The van der Waals surface area contributed by atoms with Crippen LogP contribution in [0.4, 0.5) is 0 Å². The molecular weight excluding hydrogens is 584 g/mol. The van der Waals surface area contributed by atoms with Crippen LogP contribution in [0.5, 0.6) is 0 Å². The molecule has 0 aromatic heterocycles. The first-order valence-corrected chi connectivity index (χ1v) is 17.7. The zero-order chi connectivity index (χ0) is 34.1. The van der Waals surface area contributed by atoms with Crippen LogP contribution in [0.1, 0.15) is 129 Å². The second kappa shape index (κ2) is 32.4. The summed E-state index contributed by atoms with van der Waals surface area (Å²) >= 11 is 0. The van der Waals surface area contributed by atoms with Gasteiger partial charge in [0.2, 0.25) is 0 Å². The lowest BCUT2D eigenvalue weighted by Gasteiger charge is -2.14. The van der Waals surface area contributed by atoms with E-state index in [0.29, 0.717) is 19.3 Å². The minimum atomic E-state index is -1.09. The first-order valence-electron chi connectivity index (χ1n) is 17.7. The van der Waals surface area contributed by atoms with E-state index >= 15 is 0 Å². The van der Waals surface area contributed by atoms with Gasteiger partial charge in [-0.25, -0.2) is 0 Å². The Hall–Kier alpha value is -2.52. The van der Waals surface area contributed by atoms with E-state index < -0.39 is 30.4 Å². The predicted molar refractivity (Wildman–Crippen MR) is 186 cm³/mol. The molecule has 0 fully saturated rings. The maximum absolute atomic E-state index is 12.0. The van der Waals surface area contributed by atoms with Gasteiger partial charge in [-0.3, -0.25) is 9.59 Å². The summed E-state index contributed by atoms with van der Waals surface area (Å²) in [4.78, 5) is 23.9. The van der Waals surface area contributed by atoms with E-state index in [0.717, 1.165) is 25.7 Å². The summed E-state index contributed by atoms with van der Waals surface area (Å²) in [5, 5.41) is 39.9. The molecule has 0 saturated carbocycles. The summed E-state index contributed by atoms with van der Waals surface area (Å²) in [5.41, 5.74) is 0. The second-order valence-electron chi connectivity index (χ2n) is 11.8. The van der Waals surface area contributed by atoms with Crippen molar-refractivity contribution in [2.45, 2.75) is 154 Å². The summed E-state index contributed by atoms with van der Waals surface area (Å²) < 4.78 is 10.1. The average Bonchev–Trinajstić information content (AvgIpc) is 3.04. The van der Waals surface area contributed by atoms with Crippen LogP contribution in [0.2, 0.25) is 0 Å². The van der Waals surface area contributed by atoms with Crippen LogP contribution in [0.15, 0.2) is 60.8 Å². The Bertz CT molecular complexity index is 876. The van der Waals surface area contributed by atoms with Crippen LogP contribution < -0.4 is 0 Å². The van der Waals surface area contributed by atoms with Gasteiger partial charge in [0.1, 0.15) is 19.3 Å². The molecule has 4 atom stereocenters. The van der Waals surface area contributed by atoms with Crippen LogP contribution in [-0.2, 0) is 19.1 Å². The van der Waals surface area contributed by atoms with E-state index in [9.17, 15) is 30.0 Å². The lowest BCUT2D eigenvalue weighted by atomic mass is 10.0. The monoisotopic (exact) mass is 648 g/mol. The largest absolute Gasteiger partial charge is 0.463 e. The Labute approximate surface area is 279 Å². The van der Waals surface area contributed by atoms with Crippen molar-refractivity contribution in [2.75, 3.05) is 13.2 Å². The number of carbonyl (C=O) groups excluding carboxylic acids is 2. The highest BCUT2D eigenvalue weighted by Crippen LogP contribution is 2.13. The van der Waals surface area contributed by atoms with Crippen molar-refractivity contribution in [3.63, 3.8) is 0 Å². The molecule has 4 N–H and O–H groups in total. The molecule has 0 unspecified atom stereocenters. The van der Waals surface area contributed by atoms with E-state index in [2.05, 4.69) is 6.92 Å². The minimum absolute atomic E-state index is 0.0285. The van der Waals surface area contributed by atoms with Gasteiger partial charge >= 0.3 is 11.9 Å². The van der Waals surface area contributed by atoms with Gasteiger partial charge in [-0.05, 0) is 32.1 Å². The normalized spacial score (nSPS) is 15.0. The average molecular weight is 649 g/mol. The lowest BCUT2D eigenvalue weighted by molar-refractivity contribution is -0.152. The highest BCUT2D eigenvalue weighted by atomic mass is 16.6. The molecule has 0 aromatic rings. The maximum Gasteiger partial charge on any atom is 0.305 e. The predicted octanol–water partition coefficient (Wildman–Crippen LogP) is 7.36. The van der Waals surface area contributed by atoms with Crippen molar-refractivity contribution in [1.29, 1.82) is 0 Å². The topological polar surface area (TPSA) is 134 Å². The van der Waals surface area contributed by atoms with Crippen LogP contribution in [0.25, 0.3) is 0 Å². The summed E-state index contributed by atoms with van der Waals surface area (Å²) in [5.74, 6) is -0.891. The van der Waals surface area contributed by atoms with Crippen molar-refractivity contribution >= 4 is 11.9 Å². The number of ether oxygens (including phenoxy) is 2. The molecule has 0 bridgehead atoms. The summed E-state index contributed by atoms with van der Waals surface area (Å²) in [6.45, 7) is 3.79. The molecule has 46 heavy (non-hydrogen) atoms. The number of aliphatic hydroxyl groups is 4. The fraction of sp³-hybridized carbons (Fsp3) is 0.684. The number of carbonyl (C=O) groups is 2. The number of unbranched alkanes of at least 4 members (excludes halogenated alkanes) is 11. The van der Waals surface area contributed by atoms with E-state index in [1.165, 1.54) is 63.9 Å². The summed E-state index contributed by atoms with van der Waals surface area (Å²) in [6.07, 6.45) is 30.8. The molecule has 8 nitrogen and oxygen atoms in total. The Morgan fingerprint density at radius 3 is 1.61 bits per heavy atom. The Morgan fingerprint density at radius 1 is 0.587 bits per heavy atom. The van der Waals surface area contributed by atoms with Gasteiger partial charge in [0.05, 0.1) is 18.3 Å².